The molecule has 0 bridgehead atoms. The number of hydrogen-bond acceptors (Lipinski definition) is 6. The largest absolute Gasteiger partial charge is 0.462 e. The molecule has 0 aliphatic carbocycles. The number of allylic oxidation sites excluding steroid dienone is 16. The first-order valence-corrected chi connectivity index (χ1v) is 35.2. The van der Waals surface area contributed by atoms with Crippen molar-refractivity contribution in [3.8, 4) is 0 Å². The van der Waals surface area contributed by atoms with Gasteiger partial charge in [-0.15, -0.1) is 0 Å². The van der Waals surface area contributed by atoms with Crippen LogP contribution in [-0.4, -0.2) is 37.2 Å². The van der Waals surface area contributed by atoms with E-state index in [-0.39, 0.29) is 31.1 Å². The van der Waals surface area contributed by atoms with Gasteiger partial charge < -0.3 is 14.2 Å². The van der Waals surface area contributed by atoms with Gasteiger partial charge in [-0.2, -0.15) is 0 Å². The molecule has 82 heavy (non-hydrogen) atoms. The minimum absolute atomic E-state index is 0.0795. The fourth-order valence-electron chi connectivity index (χ4n) is 10.1. The molecule has 0 spiro atoms. The minimum atomic E-state index is -0.783. The van der Waals surface area contributed by atoms with Crippen molar-refractivity contribution in [1.82, 2.24) is 0 Å². The van der Waals surface area contributed by atoms with Gasteiger partial charge in [0.1, 0.15) is 13.2 Å². The monoisotopic (exact) mass is 1140 g/mol. The molecule has 0 amide bonds. The zero-order chi connectivity index (χ0) is 59.2. The predicted molar refractivity (Wildman–Crippen MR) is 357 cm³/mol. The first-order chi connectivity index (χ1) is 40.5. The molecule has 1 unspecified atom stereocenters. The van der Waals surface area contributed by atoms with Gasteiger partial charge in [-0.1, -0.05) is 323 Å². The number of unbranched alkanes of at least 4 members (excludes halogenated alkanes) is 37. The lowest BCUT2D eigenvalue weighted by atomic mass is 10.0. The third kappa shape index (κ3) is 67.1. The average Bonchev–Trinajstić information content (AvgIpc) is 3.48. The molecule has 0 aromatic heterocycles. The lowest BCUT2D eigenvalue weighted by Gasteiger charge is -2.18. The van der Waals surface area contributed by atoms with Crippen LogP contribution >= 0.6 is 0 Å². The van der Waals surface area contributed by atoms with Crippen molar-refractivity contribution in [1.29, 1.82) is 0 Å². The molecule has 0 aliphatic heterocycles. The van der Waals surface area contributed by atoms with Crippen molar-refractivity contribution in [2.24, 2.45) is 0 Å². The molecule has 0 saturated heterocycles. The Morgan fingerprint density at radius 3 is 0.756 bits per heavy atom. The van der Waals surface area contributed by atoms with E-state index in [4.69, 9.17) is 14.2 Å². The quantitative estimate of drug-likeness (QED) is 0.0261. The Kier molecular flexibility index (Phi) is 66.7. The summed E-state index contributed by atoms with van der Waals surface area (Å²) in [5.41, 5.74) is 0. The third-order valence-electron chi connectivity index (χ3n) is 15.3. The second-order valence-corrected chi connectivity index (χ2v) is 23.4. The first-order valence-electron chi connectivity index (χ1n) is 35.2. The summed E-state index contributed by atoms with van der Waals surface area (Å²) in [7, 11) is 0. The standard InChI is InChI=1S/C76H132O6/c1-4-7-10-13-16-19-22-25-28-31-32-33-34-35-36-37-38-39-40-41-42-43-44-46-48-51-54-57-60-63-66-69-75(78)81-72-73(71-80-74(77)68-65-62-59-56-53-50-47-30-27-24-21-18-15-12-9-6-3)82-76(79)70-67-64-61-58-55-52-49-45-29-26-23-20-17-14-11-8-5-2/h7,10,16,19,25,28,30,32-33,35-36,38-39,41-42,47,73H,4-6,8-9,11-15,17-18,20-24,26-27,29,31,34,37,40,43-46,48-72H2,1-3H3/b10-7-,19-16-,28-25-,33-32-,36-35-,39-38-,42-41-,47-30-. The van der Waals surface area contributed by atoms with Gasteiger partial charge in [0.2, 0.25) is 0 Å². The minimum Gasteiger partial charge on any atom is -0.462 e. The summed E-state index contributed by atoms with van der Waals surface area (Å²) in [4.78, 5) is 38.4. The number of rotatable bonds is 64. The highest BCUT2D eigenvalue weighted by atomic mass is 16.6. The second-order valence-electron chi connectivity index (χ2n) is 23.4. The number of hydrogen-bond donors (Lipinski definition) is 0. The Morgan fingerprint density at radius 1 is 0.256 bits per heavy atom. The van der Waals surface area contributed by atoms with Gasteiger partial charge in [-0.05, 0) is 103 Å². The molecular weight excluding hydrogens is 1010 g/mol. The van der Waals surface area contributed by atoms with Gasteiger partial charge in [0.05, 0.1) is 0 Å². The van der Waals surface area contributed by atoms with E-state index in [2.05, 4.69) is 118 Å². The summed E-state index contributed by atoms with van der Waals surface area (Å²) < 4.78 is 17.0. The molecule has 6 nitrogen and oxygen atoms in total. The highest BCUT2D eigenvalue weighted by Crippen LogP contribution is 2.17. The van der Waals surface area contributed by atoms with Gasteiger partial charge >= 0.3 is 17.9 Å². The van der Waals surface area contributed by atoms with E-state index in [1.807, 2.05) is 0 Å². The van der Waals surface area contributed by atoms with E-state index >= 15 is 0 Å². The summed E-state index contributed by atoms with van der Waals surface area (Å²) in [5.74, 6) is -0.875. The van der Waals surface area contributed by atoms with Crippen molar-refractivity contribution in [2.75, 3.05) is 13.2 Å². The summed E-state index contributed by atoms with van der Waals surface area (Å²) >= 11 is 0. The highest BCUT2D eigenvalue weighted by molar-refractivity contribution is 5.71. The molecule has 0 radical (unpaired) electrons. The van der Waals surface area contributed by atoms with Crippen LogP contribution in [0.3, 0.4) is 0 Å². The number of carbonyl (C=O) groups excluding carboxylic acids is 3. The van der Waals surface area contributed by atoms with Gasteiger partial charge in [0.25, 0.3) is 0 Å². The van der Waals surface area contributed by atoms with Crippen molar-refractivity contribution in [2.45, 2.75) is 354 Å². The summed E-state index contributed by atoms with van der Waals surface area (Å²) in [5, 5.41) is 0. The highest BCUT2D eigenvalue weighted by Gasteiger charge is 2.19. The average molecular weight is 1140 g/mol. The smallest absolute Gasteiger partial charge is 0.306 e. The van der Waals surface area contributed by atoms with E-state index in [1.165, 1.54) is 193 Å². The molecule has 0 N–H and O–H groups in total. The SMILES string of the molecule is CC/C=C\C/C=C\C/C=C\C/C=C\C/C=C\C/C=C\C/C=C\CCCCCCCCCCCC(=O)OCC(COC(=O)CCCCCCC/C=C\CCCCCCCCC)OC(=O)CCCCCCCCCCCCCCCCCCC. The zero-order valence-electron chi connectivity index (χ0n) is 54.2. The Labute approximate surface area is 508 Å². The molecule has 0 aromatic rings. The van der Waals surface area contributed by atoms with Crippen LogP contribution in [0.15, 0.2) is 97.2 Å². The molecule has 6 heteroatoms. The summed E-state index contributed by atoms with van der Waals surface area (Å²) in [6, 6.07) is 0. The molecule has 0 saturated carbocycles. The van der Waals surface area contributed by atoms with Crippen LogP contribution in [-0.2, 0) is 28.6 Å². The molecule has 0 heterocycles. The Bertz CT molecular complexity index is 1590. The normalized spacial score (nSPS) is 12.7. The summed E-state index contributed by atoms with van der Waals surface area (Å²) in [6.07, 6.45) is 94.2. The molecule has 0 rings (SSSR count). The van der Waals surface area contributed by atoms with Gasteiger partial charge in [-0.3, -0.25) is 14.4 Å². The molecule has 1 atom stereocenters. The van der Waals surface area contributed by atoms with E-state index in [0.717, 1.165) is 116 Å². The predicted octanol–water partition coefficient (Wildman–Crippen LogP) is 24.4. The maximum atomic E-state index is 12.9. The van der Waals surface area contributed by atoms with Crippen molar-refractivity contribution in [3.05, 3.63) is 97.2 Å². The van der Waals surface area contributed by atoms with Crippen LogP contribution in [0.25, 0.3) is 0 Å². The van der Waals surface area contributed by atoms with Crippen molar-refractivity contribution < 1.29 is 28.6 Å². The first kappa shape index (κ1) is 78.3. The number of ether oxygens (including phenoxy) is 3. The van der Waals surface area contributed by atoms with Crippen LogP contribution in [0.5, 0.6) is 0 Å². The Hall–Kier alpha value is -3.67. The molecule has 472 valence electrons. The van der Waals surface area contributed by atoms with Crippen molar-refractivity contribution >= 4 is 17.9 Å². The van der Waals surface area contributed by atoms with Crippen LogP contribution < -0.4 is 0 Å². The Balaban J connectivity index is 4.30. The molecule has 0 fully saturated rings. The molecule has 0 aliphatic rings. The summed E-state index contributed by atoms with van der Waals surface area (Å²) in [6.45, 7) is 6.56. The van der Waals surface area contributed by atoms with E-state index in [0.29, 0.717) is 19.3 Å². The fourth-order valence-corrected chi connectivity index (χ4v) is 10.1. The van der Waals surface area contributed by atoms with Gasteiger partial charge in [0.15, 0.2) is 6.10 Å². The number of esters is 3. The topological polar surface area (TPSA) is 78.9 Å². The van der Waals surface area contributed by atoms with Crippen LogP contribution in [0.4, 0.5) is 0 Å². The van der Waals surface area contributed by atoms with Crippen molar-refractivity contribution in [3.63, 3.8) is 0 Å². The van der Waals surface area contributed by atoms with E-state index in [9.17, 15) is 14.4 Å². The maximum absolute atomic E-state index is 12.9. The van der Waals surface area contributed by atoms with Gasteiger partial charge in [0, 0.05) is 19.3 Å². The molecular formula is C76H132O6. The van der Waals surface area contributed by atoms with Crippen LogP contribution in [0.1, 0.15) is 348 Å². The lowest BCUT2D eigenvalue weighted by molar-refractivity contribution is -0.167. The fraction of sp³-hybridized carbons (Fsp3) is 0.750. The van der Waals surface area contributed by atoms with Crippen LogP contribution in [0, 0.1) is 0 Å². The Morgan fingerprint density at radius 2 is 0.476 bits per heavy atom. The van der Waals surface area contributed by atoms with Crippen LogP contribution in [0.2, 0.25) is 0 Å². The maximum Gasteiger partial charge on any atom is 0.306 e. The lowest BCUT2D eigenvalue weighted by Crippen LogP contribution is -2.30. The molecule has 0 aromatic carbocycles. The number of carbonyl (C=O) groups is 3. The third-order valence-corrected chi connectivity index (χ3v) is 15.3. The van der Waals surface area contributed by atoms with E-state index in [1.54, 1.807) is 0 Å². The second kappa shape index (κ2) is 69.8. The van der Waals surface area contributed by atoms with E-state index < -0.39 is 6.10 Å². The zero-order valence-corrected chi connectivity index (χ0v) is 54.2. The van der Waals surface area contributed by atoms with Gasteiger partial charge in [-0.25, -0.2) is 0 Å².